The molecule has 0 aliphatic carbocycles. The highest BCUT2D eigenvalue weighted by Gasteiger charge is 2.26. The Morgan fingerprint density at radius 3 is 2.49 bits per heavy atom. The monoisotopic (exact) mass is 509 g/mol. The highest BCUT2D eigenvalue weighted by molar-refractivity contribution is 7.89. The molecule has 0 spiro atoms. The van der Waals surface area contributed by atoms with E-state index in [1.807, 2.05) is 37.4 Å². The van der Waals surface area contributed by atoms with Crippen molar-refractivity contribution in [2.75, 3.05) is 11.9 Å². The summed E-state index contributed by atoms with van der Waals surface area (Å²) in [6.07, 6.45) is 3.26. The van der Waals surface area contributed by atoms with E-state index in [4.69, 9.17) is 5.11 Å². The summed E-state index contributed by atoms with van der Waals surface area (Å²) in [7, 11) is -3.94. The van der Waals surface area contributed by atoms with Gasteiger partial charge in [0.05, 0.1) is 12.2 Å². The van der Waals surface area contributed by atoms with Crippen molar-refractivity contribution in [3.05, 3.63) is 89.2 Å². The molecular weight excluding hydrogens is 486 g/mol. The number of anilines is 1. The number of aryl methyl sites for hydroxylation is 1. The second kappa shape index (κ2) is 10.7. The van der Waals surface area contributed by atoms with Crippen molar-refractivity contribution in [2.24, 2.45) is 0 Å². The van der Waals surface area contributed by atoms with Crippen LogP contribution in [-0.4, -0.2) is 45.3 Å². The minimum absolute atomic E-state index is 0.0189. The van der Waals surface area contributed by atoms with Gasteiger partial charge in [-0.05, 0) is 36.8 Å². The molecule has 2 N–H and O–H groups in total. The Hall–Kier alpha value is -3.67. The van der Waals surface area contributed by atoms with Gasteiger partial charge in [-0.3, -0.25) is 4.79 Å². The summed E-state index contributed by atoms with van der Waals surface area (Å²) in [5.41, 5.74) is 2.22. The molecule has 180 valence electrons. The van der Waals surface area contributed by atoms with Gasteiger partial charge < -0.3 is 10.4 Å². The lowest BCUT2D eigenvalue weighted by Gasteiger charge is -2.22. The van der Waals surface area contributed by atoms with E-state index in [1.165, 1.54) is 16.6 Å². The molecule has 0 atom stereocenters. The van der Waals surface area contributed by atoms with Crippen molar-refractivity contribution in [1.29, 1.82) is 0 Å². The fourth-order valence-electron chi connectivity index (χ4n) is 3.32. The van der Waals surface area contributed by atoms with Crippen molar-refractivity contribution in [3.63, 3.8) is 0 Å². The summed E-state index contributed by atoms with van der Waals surface area (Å²) in [5.74, 6) is -0.670. The lowest BCUT2D eigenvalue weighted by Crippen LogP contribution is -2.31. The molecule has 0 fully saturated rings. The quantitative estimate of drug-likeness (QED) is 0.331. The number of carbonyl (C=O) groups is 1. The molecular formula is C24H23N5O4S2. The first kappa shape index (κ1) is 24.5. The standard InChI is InChI=1S/C24H23N5O4S2/c1-17-13-27-24(34-17)19-10-8-18(9-11-19)15-29(35(32,33)22-7-2-3-12-25-22)16-20-5-4-6-21(28-20)26-14-23(30)31/h2-13H,14-16H2,1H3,(H,26,28)(H,30,31). The van der Waals surface area contributed by atoms with Crippen molar-refractivity contribution in [1.82, 2.24) is 19.3 Å². The third-order valence-electron chi connectivity index (χ3n) is 4.99. The average Bonchev–Trinajstić information content (AvgIpc) is 3.30. The van der Waals surface area contributed by atoms with Crippen molar-refractivity contribution >= 4 is 33.1 Å². The second-order valence-corrected chi connectivity index (χ2v) is 10.8. The largest absolute Gasteiger partial charge is 0.480 e. The Morgan fingerprint density at radius 2 is 1.83 bits per heavy atom. The predicted molar refractivity (Wildman–Crippen MR) is 133 cm³/mol. The molecule has 35 heavy (non-hydrogen) atoms. The lowest BCUT2D eigenvalue weighted by molar-refractivity contribution is -0.134. The summed E-state index contributed by atoms with van der Waals surface area (Å²) >= 11 is 1.59. The van der Waals surface area contributed by atoms with Gasteiger partial charge in [0.2, 0.25) is 0 Å². The predicted octanol–water partition coefficient (Wildman–Crippen LogP) is 3.80. The van der Waals surface area contributed by atoms with Crippen LogP contribution < -0.4 is 5.32 Å². The van der Waals surface area contributed by atoms with Crippen LogP contribution in [0.2, 0.25) is 0 Å². The summed E-state index contributed by atoms with van der Waals surface area (Å²) < 4.78 is 28.2. The van der Waals surface area contributed by atoms with Crippen LogP contribution in [-0.2, 0) is 27.9 Å². The molecule has 0 radical (unpaired) electrons. The first-order chi connectivity index (χ1) is 16.8. The summed E-state index contributed by atoms with van der Waals surface area (Å²) in [4.78, 5) is 24.8. The number of thiazole rings is 1. The number of benzene rings is 1. The average molecular weight is 510 g/mol. The number of nitrogens with zero attached hydrogens (tertiary/aromatic N) is 4. The number of nitrogens with one attached hydrogen (secondary N) is 1. The maximum Gasteiger partial charge on any atom is 0.322 e. The number of hydrogen-bond donors (Lipinski definition) is 2. The van der Waals surface area contributed by atoms with Crippen molar-refractivity contribution in [2.45, 2.75) is 25.0 Å². The molecule has 0 aliphatic rings. The molecule has 0 saturated carbocycles. The molecule has 0 aliphatic heterocycles. The van der Waals surface area contributed by atoms with Gasteiger partial charge in [0, 0.05) is 29.4 Å². The summed E-state index contributed by atoms with van der Waals surface area (Å²) in [6.45, 7) is 1.78. The number of sulfonamides is 1. The zero-order valence-corrected chi connectivity index (χ0v) is 20.5. The van der Waals surface area contributed by atoms with Gasteiger partial charge in [0.1, 0.15) is 17.4 Å². The SMILES string of the molecule is Cc1cnc(-c2ccc(CN(Cc3cccc(NCC(=O)O)n3)S(=O)(=O)c3ccccn3)cc2)s1. The molecule has 9 nitrogen and oxygen atoms in total. The Morgan fingerprint density at radius 1 is 1.03 bits per heavy atom. The van der Waals surface area contributed by atoms with E-state index in [9.17, 15) is 13.2 Å². The third-order valence-corrected chi connectivity index (χ3v) is 7.66. The maximum atomic E-state index is 13.5. The molecule has 11 heteroatoms. The smallest absolute Gasteiger partial charge is 0.322 e. The van der Waals surface area contributed by atoms with E-state index in [1.54, 1.807) is 41.7 Å². The van der Waals surface area contributed by atoms with E-state index >= 15 is 0 Å². The number of carboxylic acid groups (broad SMARTS) is 1. The number of aliphatic carboxylic acids is 1. The molecule has 3 aromatic heterocycles. The Labute approximate surface area is 207 Å². The highest BCUT2D eigenvalue weighted by Crippen LogP contribution is 2.26. The van der Waals surface area contributed by atoms with Crippen LogP contribution in [0.3, 0.4) is 0 Å². The van der Waals surface area contributed by atoms with Gasteiger partial charge in [0.15, 0.2) is 5.03 Å². The van der Waals surface area contributed by atoms with E-state index in [0.717, 1.165) is 21.0 Å². The van der Waals surface area contributed by atoms with E-state index in [-0.39, 0.29) is 24.7 Å². The van der Waals surface area contributed by atoms with Crippen LogP contribution in [0.4, 0.5) is 5.82 Å². The molecule has 4 rings (SSSR count). The fourth-order valence-corrected chi connectivity index (χ4v) is 5.42. The number of pyridine rings is 2. The van der Waals surface area contributed by atoms with E-state index in [2.05, 4.69) is 20.3 Å². The molecule has 3 heterocycles. The lowest BCUT2D eigenvalue weighted by atomic mass is 10.1. The molecule has 0 amide bonds. The van der Waals surface area contributed by atoms with Gasteiger partial charge in [-0.15, -0.1) is 11.3 Å². The van der Waals surface area contributed by atoms with Crippen molar-refractivity contribution < 1.29 is 18.3 Å². The van der Waals surface area contributed by atoms with Gasteiger partial charge in [0.25, 0.3) is 10.0 Å². The minimum Gasteiger partial charge on any atom is -0.480 e. The Balaban J connectivity index is 1.61. The first-order valence-corrected chi connectivity index (χ1v) is 12.9. The summed E-state index contributed by atoms with van der Waals surface area (Å²) in [5, 5.41) is 12.4. The molecule has 0 saturated heterocycles. The van der Waals surface area contributed by atoms with Crippen LogP contribution >= 0.6 is 11.3 Å². The number of aromatic nitrogens is 3. The number of rotatable bonds is 10. The van der Waals surface area contributed by atoms with Gasteiger partial charge in [-0.25, -0.2) is 23.4 Å². The normalized spacial score (nSPS) is 11.5. The molecule has 4 aromatic rings. The van der Waals surface area contributed by atoms with Gasteiger partial charge in [-0.2, -0.15) is 4.31 Å². The van der Waals surface area contributed by atoms with Gasteiger partial charge in [-0.1, -0.05) is 36.4 Å². The van der Waals surface area contributed by atoms with Crippen molar-refractivity contribution in [3.8, 4) is 10.6 Å². The van der Waals surface area contributed by atoms with Crippen LogP contribution in [0.5, 0.6) is 0 Å². The minimum atomic E-state index is -3.94. The Kier molecular flexibility index (Phi) is 7.49. The zero-order valence-electron chi connectivity index (χ0n) is 18.8. The molecule has 0 unspecified atom stereocenters. The fraction of sp³-hybridized carbons (Fsp3) is 0.167. The topological polar surface area (TPSA) is 125 Å². The number of carboxylic acids is 1. The van der Waals surface area contributed by atoms with Crippen LogP contribution in [0.1, 0.15) is 16.1 Å². The van der Waals surface area contributed by atoms with Crippen LogP contribution in [0.15, 0.2) is 78.1 Å². The zero-order chi connectivity index (χ0) is 24.8. The second-order valence-electron chi connectivity index (χ2n) is 7.68. The molecule has 1 aromatic carbocycles. The maximum absolute atomic E-state index is 13.5. The van der Waals surface area contributed by atoms with E-state index in [0.29, 0.717) is 11.5 Å². The van der Waals surface area contributed by atoms with E-state index < -0.39 is 16.0 Å². The third kappa shape index (κ3) is 6.27. The van der Waals surface area contributed by atoms with Crippen LogP contribution in [0, 0.1) is 6.92 Å². The number of hydrogen-bond acceptors (Lipinski definition) is 8. The highest BCUT2D eigenvalue weighted by atomic mass is 32.2. The Bertz CT molecular complexity index is 1410. The first-order valence-electron chi connectivity index (χ1n) is 10.7. The van der Waals surface area contributed by atoms with Gasteiger partial charge >= 0.3 is 5.97 Å². The summed E-state index contributed by atoms with van der Waals surface area (Å²) in [6, 6.07) is 17.4. The molecule has 0 bridgehead atoms. The van der Waals surface area contributed by atoms with Crippen LogP contribution in [0.25, 0.3) is 10.6 Å².